The number of rotatable bonds is 5. The second-order valence-electron chi connectivity index (χ2n) is 4.23. The van der Waals surface area contributed by atoms with E-state index in [9.17, 15) is 0 Å². The summed E-state index contributed by atoms with van der Waals surface area (Å²) in [5.41, 5.74) is 3.50. The van der Waals surface area contributed by atoms with Gasteiger partial charge in [0.15, 0.2) is 0 Å². The van der Waals surface area contributed by atoms with Gasteiger partial charge in [-0.2, -0.15) is 5.26 Å². The van der Waals surface area contributed by atoms with Crippen molar-refractivity contribution in [1.82, 2.24) is 5.32 Å². The molecule has 0 saturated carbocycles. The average Bonchev–Trinajstić information content (AvgIpc) is 2.30. The van der Waals surface area contributed by atoms with Gasteiger partial charge >= 0.3 is 0 Å². The molecule has 3 heteroatoms. The van der Waals surface area contributed by atoms with E-state index in [-0.39, 0.29) is 6.04 Å². The lowest BCUT2D eigenvalue weighted by molar-refractivity contribution is 0.408. The van der Waals surface area contributed by atoms with Crippen LogP contribution in [0.15, 0.2) is 12.1 Å². The molecule has 0 aliphatic heterocycles. The molecule has 1 unspecified atom stereocenters. The Kier molecular flexibility index (Phi) is 4.99. The first kappa shape index (κ1) is 13.5. The van der Waals surface area contributed by atoms with Crippen LogP contribution in [0, 0.1) is 25.2 Å². The Labute approximate surface area is 103 Å². The molecule has 0 aromatic heterocycles. The van der Waals surface area contributed by atoms with Crippen molar-refractivity contribution in [3.8, 4) is 11.8 Å². The number of nitrogens with zero attached hydrogens (tertiary/aromatic N) is 1. The third-order valence-electron chi connectivity index (χ3n) is 2.98. The van der Waals surface area contributed by atoms with Crippen molar-refractivity contribution in [3.05, 3.63) is 28.8 Å². The highest BCUT2D eigenvalue weighted by Gasteiger charge is 2.12. The molecule has 0 fully saturated rings. The molecule has 0 spiro atoms. The Hall–Kier alpha value is -1.53. The monoisotopic (exact) mass is 232 g/mol. The molecule has 0 bridgehead atoms. The first-order valence-electron chi connectivity index (χ1n) is 5.83. The maximum Gasteiger partial charge on any atom is 0.124 e. The number of hydrogen-bond donors (Lipinski definition) is 1. The van der Waals surface area contributed by atoms with E-state index in [2.05, 4.69) is 23.5 Å². The number of nitrogens with one attached hydrogen (secondary N) is 1. The molecular formula is C14H20N2O. The average molecular weight is 232 g/mol. The fraction of sp³-hybridized carbons (Fsp3) is 0.500. The van der Waals surface area contributed by atoms with Crippen LogP contribution in [-0.4, -0.2) is 14.2 Å². The van der Waals surface area contributed by atoms with E-state index in [0.717, 1.165) is 23.3 Å². The Balaban J connectivity index is 3.01. The highest BCUT2D eigenvalue weighted by molar-refractivity contribution is 5.44. The van der Waals surface area contributed by atoms with E-state index in [1.54, 1.807) is 7.11 Å². The minimum absolute atomic E-state index is 0.234. The number of nitriles is 1. The molecule has 0 radical (unpaired) electrons. The molecule has 1 rings (SSSR count). The van der Waals surface area contributed by atoms with Crippen LogP contribution in [0.25, 0.3) is 0 Å². The lowest BCUT2D eigenvalue weighted by Crippen LogP contribution is -2.16. The molecule has 1 atom stereocenters. The first-order valence-corrected chi connectivity index (χ1v) is 5.83. The Morgan fingerprint density at radius 1 is 1.35 bits per heavy atom. The minimum atomic E-state index is 0.234. The van der Waals surface area contributed by atoms with E-state index in [0.29, 0.717) is 6.42 Å². The second kappa shape index (κ2) is 6.27. The lowest BCUT2D eigenvalue weighted by atomic mass is 9.97. The maximum absolute atomic E-state index is 8.65. The van der Waals surface area contributed by atoms with Gasteiger partial charge in [0.1, 0.15) is 5.75 Å². The normalized spacial score (nSPS) is 11.9. The smallest absolute Gasteiger partial charge is 0.124 e. The fourth-order valence-corrected chi connectivity index (χ4v) is 2.19. The van der Waals surface area contributed by atoms with E-state index < -0.39 is 0 Å². The molecular weight excluding hydrogens is 212 g/mol. The van der Waals surface area contributed by atoms with Crippen molar-refractivity contribution in [2.45, 2.75) is 32.7 Å². The molecule has 1 aromatic carbocycles. The van der Waals surface area contributed by atoms with Gasteiger partial charge < -0.3 is 10.1 Å². The molecule has 92 valence electrons. The van der Waals surface area contributed by atoms with Gasteiger partial charge in [-0.3, -0.25) is 0 Å². The van der Waals surface area contributed by atoms with Crippen molar-refractivity contribution in [2.75, 3.05) is 14.2 Å². The molecule has 17 heavy (non-hydrogen) atoms. The predicted octanol–water partition coefficient (Wildman–Crippen LogP) is 2.88. The zero-order chi connectivity index (χ0) is 12.8. The van der Waals surface area contributed by atoms with Crippen LogP contribution in [0.4, 0.5) is 0 Å². The summed E-state index contributed by atoms with van der Waals surface area (Å²) in [6, 6.07) is 6.68. The maximum atomic E-state index is 8.65. The molecule has 1 N–H and O–H groups in total. The van der Waals surface area contributed by atoms with Crippen LogP contribution in [0.1, 0.15) is 35.6 Å². The zero-order valence-electron chi connectivity index (χ0n) is 11.0. The summed E-state index contributed by atoms with van der Waals surface area (Å²) in [5, 5.41) is 11.9. The molecule has 0 saturated heterocycles. The molecule has 0 heterocycles. The van der Waals surface area contributed by atoms with E-state index in [1.807, 2.05) is 20.9 Å². The minimum Gasteiger partial charge on any atom is -0.496 e. The van der Waals surface area contributed by atoms with E-state index in [4.69, 9.17) is 10.00 Å². The van der Waals surface area contributed by atoms with Crippen molar-refractivity contribution < 1.29 is 4.74 Å². The largest absolute Gasteiger partial charge is 0.496 e. The molecule has 0 aliphatic carbocycles. The van der Waals surface area contributed by atoms with Crippen LogP contribution in [-0.2, 0) is 0 Å². The number of ether oxygens (including phenoxy) is 1. The van der Waals surface area contributed by atoms with Crippen molar-refractivity contribution in [1.29, 1.82) is 5.26 Å². The Morgan fingerprint density at radius 3 is 2.35 bits per heavy atom. The zero-order valence-corrected chi connectivity index (χ0v) is 11.0. The van der Waals surface area contributed by atoms with Gasteiger partial charge in [-0.1, -0.05) is 12.1 Å². The quantitative estimate of drug-likeness (QED) is 0.849. The summed E-state index contributed by atoms with van der Waals surface area (Å²) in [7, 11) is 3.62. The summed E-state index contributed by atoms with van der Waals surface area (Å²) in [5.74, 6) is 0.948. The second-order valence-corrected chi connectivity index (χ2v) is 4.23. The van der Waals surface area contributed by atoms with Crippen LogP contribution in [0.5, 0.6) is 5.75 Å². The van der Waals surface area contributed by atoms with Crippen LogP contribution >= 0.6 is 0 Å². The first-order chi connectivity index (χ1) is 8.13. The van der Waals surface area contributed by atoms with Gasteiger partial charge in [-0.25, -0.2) is 0 Å². The lowest BCUT2D eigenvalue weighted by Gasteiger charge is -2.18. The van der Waals surface area contributed by atoms with Crippen molar-refractivity contribution in [3.63, 3.8) is 0 Å². The third-order valence-corrected chi connectivity index (χ3v) is 2.98. The third kappa shape index (κ3) is 3.21. The van der Waals surface area contributed by atoms with Crippen molar-refractivity contribution >= 4 is 0 Å². The summed E-state index contributed by atoms with van der Waals surface area (Å²) < 4.78 is 5.35. The van der Waals surface area contributed by atoms with Gasteiger partial charge in [-0.15, -0.1) is 0 Å². The molecule has 1 aromatic rings. The number of methoxy groups -OCH3 is 1. The van der Waals surface area contributed by atoms with E-state index in [1.165, 1.54) is 5.56 Å². The van der Waals surface area contributed by atoms with Gasteiger partial charge in [0.05, 0.1) is 13.2 Å². The van der Waals surface area contributed by atoms with Crippen LogP contribution in [0.3, 0.4) is 0 Å². The van der Waals surface area contributed by atoms with Gasteiger partial charge in [0.2, 0.25) is 0 Å². The SMILES string of the molecule is CNC(CCC#N)c1cc(C)c(OC)c(C)c1. The Morgan fingerprint density at radius 2 is 1.94 bits per heavy atom. The summed E-state index contributed by atoms with van der Waals surface area (Å²) >= 11 is 0. The predicted molar refractivity (Wildman–Crippen MR) is 69.1 cm³/mol. The number of aryl methyl sites for hydroxylation is 2. The highest BCUT2D eigenvalue weighted by atomic mass is 16.5. The highest BCUT2D eigenvalue weighted by Crippen LogP contribution is 2.28. The number of benzene rings is 1. The van der Waals surface area contributed by atoms with Gasteiger partial charge in [0, 0.05) is 12.5 Å². The standard InChI is InChI=1S/C14H20N2O/c1-10-8-12(9-11(2)14(10)17-4)13(16-3)6-5-7-15/h8-9,13,16H,5-6H2,1-4H3. The van der Waals surface area contributed by atoms with Gasteiger partial charge in [-0.05, 0) is 44.0 Å². The topological polar surface area (TPSA) is 45.0 Å². The summed E-state index contributed by atoms with van der Waals surface area (Å²) in [6.07, 6.45) is 1.40. The summed E-state index contributed by atoms with van der Waals surface area (Å²) in [6.45, 7) is 4.10. The molecule has 3 nitrogen and oxygen atoms in total. The Bertz CT molecular complexity index is 398. The van der Waals surface area contributed by atoms with Crippen molar-refractivity contribution in [2.24, 2.45) is 0 Å². The summed E-state index contributed by atoms with van der Waals surface area (Å²) in [4.78, 5) is 0. The van der Waals surface area contributed by atoms with Crippen LogP contribution in [0.2, 0.25) is 0 Å². The molecule has 0 aliphatic rings. The number of hydrogen-bond acceptors (Lipinski definition) is 3. The fourth-order valence-electron chi connectivity index (χ4n) is 2.19. The van der Waals surface area contributed by atoms with Gasteiger partial charge in [0.25, 0.3) is 0 Å². The van der Waals surface area contributed by atoms with E-state index >= 15 is 0 Å². The van der Waals surface area contributed by atoms with Crippen LogP contribution < -0.4 is 10.1 Å². The molecule has 0 amide bonds.